The van der Waals surface area contributed by atoms with Crippen LogP contribution in [0.3, 0.4) is 0 Å². The van der Waals surface area contributed by atoms with Crippen molar-refractivity contribution in [2.75, 3.05) is 0 Å². The molecule has 0 spiro atoms. The molecule has 0 aliphatic carbocycles. The van der Waals surface area contributed by atoms with E-state index in [1.54, 1.807) is 0 Å². The lowest BCUT2D eigenvalue weighted by atomic mass is 10.6. The van der Waals surface area contributed by atoms with Crippen LogP contribution >= 0.6 is 8.46 Å². The maximum Gasteiger partial charge on any atom is 0.160 e. The zero-order valence-electron chi connectivity index (χ0n) is 3.13. The van der Waals surface area contributed by atoms with Crippen LogP contribution in [0.5, 0.6) is 0 Å². The molecular formula is C3H4O2P. The minimum atomic E-state index is -0.0608. The van der Waals surface area contributed by atoms with Crippen LogP contribution in [0.1, 0.15) is 6.42 Å². The second-order valence-electron chi connectivity index (χ2n) is 0.690. The largest absolute Gasteiger partial charge is 0.303 e. The highest BCUT2D eigenvalue weighted by atomic mass is 31.1. The summed E-state index contributed by atoms with van der Waals surface area (Å²) in [5, 5.41) is 0. The Morgan fingerprint density at radius 1 is 1.67 bits per heavy atom. The van der Waals surface area contributed by atoms with E-state index in [2.05, 4.69) is 0 Å². The second-order valence-corrected chi connectivity index (χ2v) is 1.27. The Morgan fingerprint density at radius 3 is 2.50 bits per heavy atom. The second kappa shape index (κ2) is 4.77. The van der Waals surface area contributed by atoms with Crippen molar-refractivity contribution >= 4 is 14.7 Å². The molecule has 0 N–H and O–H groups in total. The molecule has 0 fully saturated rings. The molecule has 0 saturated carbocycles. The van der Waals surface area contributed by atoms with Gasteiger partial charge in [-0.1, -0.05) is 0 Å². The molecule has 0 aromatic heterocycles. The first-order valence-corrected chi connectivity index (χ1v) is 2.37. The molecule has 0 aliphatic rings. The van der Waals surface area contributed by atoms with Crippen LogP contribution in [0, 0.1) is 6.16 Å². The van der Waals surface area contributed by atoms with Crippen molar-refractivity contribution in [3.05, 3.63) is 6.16 Å². The zero-order chi connectivity index (χ0) is 4.83. The molecule has 0 bridgehead atoms. The fourth-order valence-electron chi connectivity index (χ4n) is 0.0861. The van der Waals surface area contributed by atoms with Crippen molar-refractivity contribution in [1.29, 1.82) is 0 Å². The molecule has 0 aromatic rings. The standard InChI is InChI=1S/C3H4O2P/c4-2-1-3-6-5/h2-3H,1H2. The van der Waals surface area contributed by atoms with Crippen LogP contribution in [0.25, 0.3) is 0 Å². The van der Waals surface area contributed by atoms with Crippen LogP contribution in [0.4, 0.5) is 0 Å². The normalized spacial score (nSPS) is 8.67. The number of carbonyl (C=O) groups excluding carboxylic acids is 1. The van der Waals surface area contributed by atoms with Gasteiger partial charge in [0.15, 0.2) is 8.46 Å². The number of carbonyl (C=O) groups is 1. The third-order valence-corrected chi connectivity index (χ3v) is 0.636. The molecule has 0 atom stereocenters. The van der Waals surface area contributed by atoms with Crippen LogP contribution in [-0.4, -0.2) is 6.29 Å². The van der Waals surface area contributed by atoms with E-state index >= 15 is 0 Å². The van der Waals surface area contributed by atoms with Gasteiger partial charge >= 0.3 is 0 Å². The van der Waals surface area contributed by atoms with Gasteiger partial charge in [-0.25, -0.2) is 0 Å². The predicted molar refractivity (Wildman–Crippen MR) is 22.6 cm³/mol. The van der Waals surface area contributed by atoms with Crippen molar-refractivity contribution < 1.29 is 9.36 Å². The smallest absolute Gasteiger partial charge is 0.160 e. The Balaban J connectivity index is 2.66. The van der Waals surface area contributed by atoms with E-state index in [1.165, 1.54) is 6.16 Å². The summed E-state index contributed by atoms with van der Waals surface area (Å²) in [6.07, 6.45) is 2.34. The van der Waals surface area contributed by atoms with Gasteiger partial charge in [-0.3, -0.25) is 4.57 Å². The quantitative estimate of drug-likeness (QED) is 0.303. The first-order chi connectivity index (χ1) is 2.91. The van der Waals surface area contributed by atoms with Crippen LogP contribution in [-0.2, 0) is 9.36 Å². The molecular weight excluding hydrogens is 99.0 g/mol. The van der Waals surface area contributed by atoms with Crippen molar-refractivity contribution in [2.45, 2.75) is 6.42 Å². The summed E-state index contributed by atoms with van der Waals surface area (Å²) in [7, 11) is -0.0608. The Bertz CT molecular complexity index is 44.8. The van der Waals surface area contributed by atoms with Gasteiger partial charge in [0.2, 0.25) is 0 Å². The summed E-state index contributed by atoms with van der Waals surface area (Å²) in [6.45, 7) is 0. The fraction of sp³-hybridized carbons (Fsp3) is 0.333. The van der Waals surface area contributed by atoms with Gasteiger partial charge in [-0.05, 0) is 0 Å². The van der Waals surface area contributed by atoms with E-state index in [1.807, 2.05) is 0 Å². The molecule has 0 aliphatic heterocycles. The highest BCUT2D eigenvalue weighted by Crippen LogP contribution is 1.98. The molecule has 0 rings (SSSR count). The first-order valence-electron chi connectivity index (χ1n) is 1.49. The zero-order valence-corrected chi connectivity index (χ0v) is 4.02. The van der Waals surface area contributed by atoms with Crippen molar-refractivity contribution in [3.8, 4) is 0 Å². The summed E-state index contributed by atoms with van der Waals surface area (Å²) in [5.41, 5.74) is 0. The Labute approximate surface area is 37.8 Å². The Kier molecular flexibility index (Phi) is 4.59. The van der Waals surface area contributed by atoms with Gasteiger partial charge in [-0.15, -0.1) is 0 Å². The molecule has 6 heavy (non-hydrogen) atoms. The summed E-state index contributed by atoms with van der Waals surface area (Å²) < 4.78 is 9.45. The van der Waals surface area contributed by atoms with E-state index in [-0.39, 0.29) is 14.9 Å². The summed E-state index contributed by atoms with van der Waals surface area (Å²) in [6, 6.07) is 0. The highest BCUT2D eigenvalue weighted by Gasteiger charge is 1.77. The highest BCUT2D eigenvalue weighted by molar-refractivity contribution is 7.26. The van der Waals surface area contributed by atoms with Crippen molar-refractivity contribution in [1.82, 2.24) is 0 Å². The summed E-state index contributed by atoms with van der Waals surface area (Å²) >= 11 is 0. The Morgan fingerprint density at radius 2 is 2.33 bits per heavy atom. The lowest BCUT2D eigenvalue weighted by Crippen LogP contribution is -1.63. The van der Waals surface area contributed by atoms with Crippen molar-refractivity contribution in [2.24, 2.45) is 0 Å². The van der Waals surface area contributed by atoms with Gasteiger partial charge in [-0.2, -0.15) is 0 Å². The molecule has 0 unspecified atom stereocenters. The molecule has 2 nitrogen and oxygen atoms in total. The van der Waals surface area contributed by atoms with E-state index in [0.29, 0.717) is 6.29 Å². The van der Waals surface area contributed by atoms with E-state index in [0.717, 1.165) is 0 Å². The third kappa shape index (κ3) is 3.77. The van der Waals surface area contributed by atoms with Gasteiger partial charge in [0.1, 0.15) is 6.29 Å². The van der Waals surface area contributed by atoms with Gasteiger partial charge in [0, 0.05) is 6.42 Å². The molecule has 0 amide bonds. The lowest BCUT2D eigenvalue weighted by Gasteiger charge is -1.66. The topological polar surface area (TPSA) is 34.1 Å². The number of hydrogen-bond donors (Lipinski definition) is 0. The van der Waals surface area contributed by atoms with Crippen LogP contribution in [0.2, 0.25) is 0 Å². The minimum Gasteiger partial charge on any atom is -0.303 e. The van der Waals surface area contributed by atoms with Gasteiger partial charge in [0.25, 0.3) is 0 Å². The monoisotopic (exact) mass is 103 g/mol. The maximum absolute atomic E-state index is 9.45. The van der Waals surface area contributed by atoms with Gasteiger partial charge < -0.3 is 4.79 Å². The molecule has 1 radical (unpaired) electrons. The van der Waals surface area contributed by atoms with Crippen LogP contribution in [0.15, 0.2) is 0 Å². The van der Waals surface area contributed by atoms with Gasteiger partial charge in [0.05, 0.1) is 6.16 Å². The summed E-state index contributed by atoms with van der Waals surface area (Å²) in [4.78, 5) is 9.39. The predicted octanol–water partition coefficient (Wildman–Crippen LogP) is 1.03. The first kappa shape index (κ1) is 5.77. The van der Waals surface area contributed by atoms with E-state index < -0.39 is 0 Å². The molecule has 0 heterocycles. The minimum absolute atomic E-state index is 0.0608. The van der Waals surface area contributed by atoms with E-state index in [9.17, 15) is 9.36 Å². The number of hydrogen-bond acceptors (Lipinski definition) is 2. The maximum atomic E-state index is 9.45. The number of aldehydes is 1. The average Bonchev–Trinajstić information content (AvgIpc) is 1.61. The third-order valence-electron chi connectivity index (χ3n) is 0.276. The number of rotatable bonds is 3. The Hall–Kier alpha value is -0.230. The molecule has 0 aromatic carbocycles. The molecule has 3 heteroatoms. The lowest BCUT2D eigenvalue weighted by molar-refractivity contribution is -0.107. The molecule has 33 valence electrons. The average molecular weight is 103 g/mol. The summed E-state index contributed by atoms with van der Waals surface area (Å²) in [5.74, 6) is 0. The van der Waals surface area contributed by atoms with Crippen molar-refractivity contribution in [3.63, 3.8) is 0 Å². The van der Waals surface area contributed by atoms with Crippen LogP contribution < -0.4 is 0 Å². The molecule has 0 saturated heterocycles. The SMILES string of the molecule is O=CC[CH]P=O. The van der Waals surface area contributed by atoms with E-state index in [4.69, 9.17) is 0 Å². The fourth-order valence-corrected chi connectivity index (χ4v) is 0.258.